The van der Waals surface area contributed by atoms with Gasteiger partial charge in [0.2, 0.25) is 5.91 Å². The summed E-state index contributed by atoms with van der Waals surface area (Å²) in [7, 11) is 0. The number of aliphatic carboxylic acids is 1. The molecule has 0 bridgehead atoms. The molecule has 1 heterocycles. The Morgan fingerprint density at radius 3 is 2.18 bits per heavy atom. The van der Waals surface area contributed by atoms with Crippen molar-refractivity contribution in [1.82, 2.24) is 4.90 Å². The molecule has 2 fully saturated rings. The first-order valence-electron chi connectivity index (χ1n) is 11.7. The first-order chi connectivity index (χ1) is 15.9. The minimum Gasteiger partial charge on any atom is -0.550 e. The van der Waals surface area contributed by atoms with E-state index in [0.29, 0.717) is 37.2 Å². The summed E-state index contributed by atoms with van der Waals surface area (Å²) >= 11 is 0. The van der Waals surface area contributed by atoms with Crippen LogP contribution in [0.5, 0.6) is 0 Å². The number of nitrogens with one attached hydrogen (secondary N) is 1. The standard InChI is InChI=1S/C26H31N3O4/c1-18-10-12-19(13-11-18)28-14-16-29(17-15-28)25(31)22-8-4-5-9-23(22)27-24(30)20-6-2-3-7-21(20)26(32)33/h4-5,8-13,20-21H,2-3,6-7,14-17H2,1H3,(H,27,30)(H,32,33)/p-1/t20-,21+/m0/s1. The van der Waals surface area contributed by atoms with E-state index in [0.717, 1.165) is 31.6 Å². The summed E-state index contributed by atoms with van der Waals surface area (Å²) in [5.41, 5.74) is 3.22. The van der Waals surface area contributed by atoms with Crippen molar-refractivity contribution >= 4 is 29.2 Å². The third-order valence-electron chi connectivity index (χ3n) is 6.79. The molecule has 0 aromatic heterocycles. The van der Waals surface area contributed by atoms with E-state index in [9.17, 15) is 19.5 Å². The number of piperazine rings is 1. The maximum absolute atomic E-state index is 13.3. The van der Waals surface area contributed by atoms with Crippen molar-refractivity contribution < 1.29 is 19.5 Å². The molecule has 1 N–H and O–H groups in total. The highest BCUT2D eigenvalue weighted by atomic mass is 16.4. The van der Waals surface area contributed by atoms with Crippen LogP contribution >= 0.6 is 0 Å². The Hall–Kier alpha value is -3.35. The van der Waals surface area contributed by atoms with E-state index < -0.39 is 17.8 Å². The van der Waals surface area contributed by atoms with Gasteiger partial charge in [0.15, 0.2) is 0 Å². The SMILES string of the molecule is Cc1ccc(N2CCN(C(=O)c3ccccc3NC(=O)[C@H]3CCCC[C@H]3C(=O)[O-])CC2)cc1. The van der Waals surface area contributed by atoms with E-state index >= 15 is 0 Å². The van der Waals surface area contributed by atoms with Crippen molar-refractivity contribution in [2.45, 2.75) is 32.6 Å². The molecule has 1 aliphatic heterocycles. The fraction of sp³-hybridized carbons (Fsp3) is 0.423. The molecule has 2 atom stereocenters. The Bertz CT molecular complexity index is 1010. The molecule has 174 valence electrons. The Morgan fingerprint density at radius 2 is 1.52 bits per heavy atom. The molecule has 2 aromatic rings. The van der Waals surface area contributed by atoms with Gasteiger partial charge in [-0.15, -0.1) is 0 Å². The van der Waals surface area contributed by atoms with Gasteiger partial charge >= 0.3 is 0 Å². The topological polar surface area (TPSA) is 92.8 Å². The van der Waals surface area contributed by atoms with E-state index in [-0.39, 0.29) is 11.8 Å². The second kappa shape index (κ2) is 10.1. The summed E-state index contributed by atoms with van der Waals surface area (Å²) in [5.74, 6) is -3.07. The zero-order valence-corrected chi connectivity index (χ0v) is 19.0. The molecule has 2 aromatic carbocycles. The van der Waals surface area contributed by atoms with Crippen LogP contribution in [0.4, 0.5) is 11.4 Å². The van der Waals surface area contributed by atoms with E-state index in [4.69, 9.17) is 0 Å². The van der Waals surface area contributed by atoms with Crippen LogP contribution in [0.3, 0.4) is 0 Å². The van der Waals surface area contributed by atoms with Crippen molar-refractivity contribution in [3.63, 3.8) is 0 Å². The number of aryl methyl sites for hydroxylation is 1. The summed E-state index contributed by atoms with van der Waals surface area (Å²) in [4.78, 5) is 41.8. The molecule has 1 aliphatic carbocycles. The van der Waals surface area contributed by atoms with Gasteiger partial charge in [0, 0.05) is 49.7 Å². The molecule has 1 saturated carbocycles. The van der Waals surface area contributed by atoms with Gasteiger partial charge in [0.05, 0.1) is 11.3 Å². The number of rotatable bonds is 5. The molecule has 0 radical (unpaired) electrons. The first kappa shape index (κ1) is 22.8. The number of carboxylic acid groups (broad SMARTS) is 1. The van der Waals surface area contributed by atoms with Crippen molar-refractivity contribution in [1.29, 1.82) is 0 Å². The monoisotopic (exact) mass is 448 g/mol. The van der Waals surface area contributed by atoms with E-state index in [1.807, 2.05) is 0 Å². The molecule has 2 aliphatic rings. The molecule has 0 spiro atoms. The average Bonchev–Trinajstić information content (AvgIpc) is 2.84. The summed E-state index contributed by atoms with van der Waals surface area (Å²) in [6, 6.07) is 15.3. The Labute approximate surface area is 194 Å². The normalized spacial score (nSPS) is 20.9. The summed E-state index contributed by atoms with van der Waals surface area (Å²) in [6.45, 7) is 4.70. The smallest absolute Gasteiger partial charge is 0.256 e. The van der Waals surface area contributed by atoms with Crippen LogP contribution in [0.25, 0.3) is 0 Å². The van der Waals surface area contributed by atoms with Gasteiger partial charge in [-0.05, 0) is 44.0 Å². The van der Waals surface area contributed by atoms with Crippen LogP contribution in [0.15, 0.2) is 48.5 Å². The number of hydrogen-bond donors (Lipinski definition) is 1. The number of carboxylic acids is 1. The lowest BCUT2D eigenvalue weighted by atomic mass is 9.78. The Balaban J connectivity index is 1.43. The lowest BCUT2D eigenvalue weighted by molar-refractivity contribution is -0.313. The fourth-order valence-corrected chi connectivity index (χ4v) is 4.82. The van der Waals surface area contributed by atoms with E-state index in [1.54, 1.807) is 29.2 Å². The minimum absolute atomic E-state index is 0.130. The second-order valence-electron chi connectivity index (χ2n) is 8.97. The quantitative estimate of drug-likeness (QED) is 0.759. The van der Waals surface area contributed by atoms with Crippen molar-refractivity contribution in [3.05, 3.63) is 59.7 Å². The molecule has 7 nitrogen and oxygen atoms in total. The summed E-state index contributed by atoms with van der Waals surface area (Å²) in [6.07, 6.45) is 2.56. The number of anilines is 2. The average molecular weight is 449 g/mol. The number of hydrogen-bond acceptors (Lipinski definition) is 5. The molecule has 1 saturated heterocycles. The molecule has 0 unspecified atom stereocenters. The van der Waals surface area contributed by atoms with Gasteiger partial charge in [0.25, 0.3) is 5.91 Å². The predicted molar refractivity (Wildman–Crippen MR) is 125 cm³/mol. The van der Waals surface area contributed by atoms with Gasteiger partial charge in [-0.1, -0.05) is 42.7 Å². The molecular formula is C26H30N3O4-. The number of benzene rings is 2. The third-order valence-corrected chi connectivity index (χ3v) is 6.79. The zero-order chi connectivity index (χ0) is 23.4. The van der Waals surface area contributed by atoms with Crippen LogP contribution in [0.2, 0.25) is 0 Å². The van der Waals surface area contributed by atoms with Crippen molar-refractivity contribution in [3.8, 4) is 0 Å². The Morgan fingerprint density at radius 1 is 0.879 bits per heavy atom. The van der Waals surface area contributed by atoms with E-state index in [1.165, 1.54) is 5.56 Å². The molecule has 7 heteroatoms. The van der Waals surface area contributed by atoms with Gasteiger partial charge in [-0.2, -0.15) is 0 Å². The molecular weight excluding hydrogens is 418 g/mol. The predicted octanol–water partition coefficient (Wildman–Crippen LogP) is 2.45. The Kier molecular flexibility index (Phi) is 6.96. The molecule has 4 rings (SSSR count). The zero-order valence-electron chi connectivity index (χ0n) is 19.0. The lowest BCUT2D eigenvalue weighted by Gasteiger charge is -2.36. The number of nitrogens with zero attached hydrogens (tertiary/aromatic N) is 2. The van der Waals surface area contributed by atoms with Gasteiger partial charge < -0.3 is 25.0 Å². The number of carbonyl (C=O) groups is 3. The maximum Gasteiger partial charge on any atom is 0.256 e. The van der Waals surface area contributed by atoms with Gasteiger partial charge in [-0.25, -0.2) is 0 Å². The second-order valence-corrected chi connectivity index (χ2v) is 8.97. The largest absolute Gasteiger partial charge is 0.550 e. The number of carbonyl (C=O) groups excluding carboxylic acids is 3. The first-order valence-corrected chi connectivity index (χ1v) is 11.7. The van der Waals surface area contributed by atoms with Crippen LogP contribution in [0.1, 0.15) is 41.6 Å². The number of amides is 2. The highest BCUT2D eigenvalue weighted by Gasteiger charge is 2.32. The van der Waals surface area contributed by atoms with Crippen LogP contribution in [0, 0.1) is 18.8 Å². The number of para-hydroxylation sites is 1. The van der Waals surface area contributed by atoms with Crippen molar-refractivity contribution in [2.24, 2.45) is 11.8 Å². The van der Waals surface area contributed by atoms with Crippen LogP contribution in [-0.4, -0.2) is 48.9 Å². The fourth-order valence-electron chi connectivity index (χ4n) is 4.82. The van der Waals surface area contributed by atoms with Crippen LogP contribution < -0.4 is 15.3 Å². The van der Waals surface area contributed by atoms with E-state index in [2.05, 4.69) is 41.4 Å². The minimum atomic E-state index is -1.18. The van der Waals surface area contributed by atoms with Crippen LogP contribution in [-0.2, 0) is 9.59 Å². The summed E-state index contributed by atoms with van der Waals surface area (Å²) < 4.78 is 0. The highest BCUT2D eigenvalue weighted by Crippen LogP contribution is 2.31. The van der Waals surface area contributed by atoms with Crippen molar-refractivity contribution in [2.75, 3.05) is 36.4 Å². The van der Waals surface area contributed by atoms with Gasteiger partial charge in [-0.3, -0.25) is 9.59 Å². The summed E-state index contributed by atoms with van der Waals surface area (Å²) in [5, 5.41) is 14.3. The molecule has 33 heavy (non-hydrogen) atoms. The highest BCUT2D eigenvalue weighted by molar-refractivity contribution is 6.04. The molecule has 2 amide bonds. The third kappa shape index (κ3) is 5.18. The van der Waals surface area contributed by atoms with Gasteiger partial charge in [0.1, 0.15) is 0 Å². The maximum atomic E-state index is 13.3. The lowest BCUT2D eigenvalue weighted by Crippen LogP contribution is -2.49.